The zero-order valence-corrected chi connectivity index (χ0v) is 16.1. The molecule has 0 saturated carbocycles. The van der Waals surface area contributed by atoms with Gasteiger partial charge in [-0.3, -0.25) is 19.2 Å². The van der Waals surface area contributed by atoms with Crippen LogP contribution in [0.3, 0.4) is 0 Å². The molecule has 3 rings (SSSR count). The Hall–Kier alpha value is -2.54. The van der Waals surface area contributed by atoms with Gasteiger partial charge in [0, 0.05) is 9.75 Å². The third kappa shape index (κ3) is 3.39. The molecule has 0 atom stereocenters. The van der Waals surface area contributed by atoms with Crippen LogP contribution in [0.4, 0.5) is 0 Å². The molecule has 0 aliphatic carbocycles. The highest BCUT2D eigenvalue weighted by Gasteiger charge is 2.28. The molecule has 0 fully saturated rings. The Labute approximate surface area is 159 Å². The van der Waals surface area contributed by atoms with E-state index < -0.39 is 21.7 Å². The Balaban J connectivity index is 1.87. The first-order valence-electron chi connectivity index (χ1n) is 9.04. The summed E-state index contributed by atoms with van der Waals surface area (Å²) in [6, 6.07) is 3.32. The summed E-state index contributed by atoms with van der Waals surface area (Å²) in [6.45, 7) is 4.76. The number of hydrogen-bond donors (Lipinski definition) is 0. The lowest BCUT2D eigenvalue weighted by atomic mass is 10.1. The van der Waals surface area contributed by atoms with E-state index in [0.717, 1.165) is 25.7 Å². The van der Waals surface area contributed by atoms with E-state index in [9.17, 15) is 19.2 Å². The highest BCUT2D eigenvalue weighted by molar-refractivity contribution is 7.18. The zero-order valence-electron chi connectivity index (χ0n) is 15.3. The van der Waals surface area contributed by atoms with Crippen LogP contribution in [0.1, 0.15) is 39.5 Å². The quantitative estimate of drug-likeness (QED) is 0.392. The summed E-state index contributed by atoms with van der Waals surface area (Å²) in [4.78, 5) is 48.6. The SMILES string of the molecule is CCCCOc1c(-c2ccc(-c3c(OCCCC)c(=O)c3=O)s2)c(=O)c1=O. The first kappa shape index (κ1) is 19.2. The molecule has 0 radical (unpaired) electrons. The number of unbranched alkanes of at least 4 members (excludes halogenated alkanes) is 2. The van der Waals surface area contributed by atoms with Crippen molar-refractivity contribution in [2.24, 2.45) is 0 Å². The van der Waals surface area contributed by atoms with Crippen molar-refractivity contribution in [3.63, 3.8) is 0 Å². The molecule has 0 bridgehead atoms. The number of thiophene rings is 1. The molecule has 0 unspecified atom stereocenters. The Bertz CT molecular complexity index is 1000. The van der Waals surface area contributed by atoms with Gasteiger partial charge in [-0.2, -0.15) is 0 Å². The van der Waals surface area contributed by atoms with Crippen molar-refractivity contribution in [1.82, 2.24) is 0 Å². The summed E-state index contributed by atoms with van der Waals surface area (Å²) in [5.74, 6) is 0.178. The lowest BCUT2D eigenvalue weighted by molar-refractivity contribution is 0.304. The van der Waals surface area contributed by atoms with E-state index in [4.69, 9.17) is 9.47 Å². The van der Waals surface area contributed by atoms with Crippen LogP contribution in [0.25, 0.3) is 20.9 Å². The average Bonchev–Trinajstić information content (AvgIpc) is 3.13. The largest absolute Gasteiger partial charge is 0.489 e. The molecule has 27 heavy (non-hydrogen) atoms. The molecular formula is C20H20O6S. The van der Waals surface area contributed by atoms with Gasteiger partial charge in [-0.05, 0) is 25.0 Å². The third-order valence-corrected chi connectivity index (χ3v) is 5.44. The van der Waals surface area contributed by atoms with E-state index in [2.05, 4.69) is 0 Å². The van der Waals surface area contributed by atoms with Crippen LogP contribution >= 0.6 is 11.3 Å². The molecule has 0 aliphatic heterocycles. The molecule has 0 N–H and O–H groups in total. The summed E-state index contributed by atoms with van der Waals surface area (Å²) >= 11 is 1.18. The Morgan fingerprint density at radius 1 is 0.704 bits per heavy atom. The van der Waals surface area contributed by atoms with Crippen LogP contribution in [0, 0.1) is 0 Å². The Morgan fingerprint density at radius 3 is 1.48 bits per heavy atom. The third-order valence-electron chi connectivity index (χ3n) is 4.32. The van der Waals surface area contributed by atoms with Crippen LogP contribution in [0.5, 0.6) is 11.5 Å². The smallest absolute Gasteiger partial charge is 0.269 e. The fourth-order valence-electron chi connectivity index (χ4n) is 2.71. The van der Waals surface area contributed by atoms with Crippen molar-refractivity contribution < 1.29 is 9.47 Å². The van der Waals surface area contributed by atoms with Gasteiger partial charge in [0.2, 0.25) is 10.9 Å². The van der Waals surface area contributed by atoms with Crippen LogP contribution in [-0.2, 0) is 0 Å². The van der Waals surface area contributed by atoms with E-state index in [-0.39, 0.29) is 22.6 Å². The van der Waals surface area contributed by atoms with Gasteiger partial charge in [-0.1, -0.05) is 26.7 Å². The second-order valence-corrected chi connectivity index (χ2v) is 7.38. The number of rotatable bonds is 10. The minimum Gasteiger partial charge on any atom is -0.489 e. The van der Waals surface area contributed by atoms with Crippen molar-refractivity contribution >= 4 is 11.3 Å². The zero-order chi connectivity index (χ0) is 19.6. The monoisotopic (exact) mass is 388 g/mol. The second-order valence-electron chi connectivity index (χ2n) is 6.29. The maximum atomic E-state index is 12.0. The first-order valence-corrected chi connectivity index (χ1v) is 9.85. The Kier molecular flexibility index (Phi) is 5.70. The van der Waals surface area contributed by atoms with Gasteiger partial charge < -0.3 is 9.47 Å². The summed E-state index contributed by atoms with van der Waals surface area (Å²) in [6.07, 6.45) is 3.41. The van der Waals surface area contributed by atoms with Gasteiger partial charge >= 0.3 is 0 Å². The highest BCUT2D eigenvalue weighted by Crippen LogP contribution is 2.38. The lowest BCUT2D eigenvalue weighted by Gasteiger charge is -2.11. The predicted molar refractivity (Wildman–Crippen MR) is 106 cm³/mol. The van der Waals surface area contributed by atoms with Crippen LogP contribution < -0.4 is 31.2 Å². The molecule has 1 aromatic heterocycles. The van der Waals surface area contributed by atoms with Crippen molar-refractivity contribution in [3.05, 3.63) is 53.0 Å². The molecule has 2 aromatic carbocycles. The van der Waals surface area contributed by atoms with E-state index in [1.807, 2.05) is 13.8 Å². The number of ether oxygens (including phenoxy) is 2. The minimum atomic E-state index is -0.617. The molecule has 3 aromatic rings. The van der Waals surface area contributed by atoms with E-state index in [1.165, 1.54) is 11.3 Å². The Morgan fingerprint density at radius 2 is 1.11 bits per heavy atom. The minimum absolute atomic E-state index is 0.0891. The summed E-state index contributed by atoms with van der Waals surface area (Å²) in [7, 11) is 0. The molecule has 1 heterocycles. The molecule has 7 heteroatoms. The highest BCUT2D eigenvalue weighted by atomic mass is 32.1. The van der Waals surface area contributed by atoms with Gasteiger partial charge in [-0.25, -0.2) is 0 Å². The van der Waals surface area contributed by atoms with Crippen LogP contribution in [-0.4, -0.2) is 13.2 Å². The van der Waals surface area contributed by atoms with Crippen molar-refractivity contribution in [1.29, 1.82) is 0 Å². The molecule has 0 amide bonds. The maximum Gasteiger partial charge on any atom is 0.269 e. The summed E-state index contributed by atoms with van der Waals surface area (Å²) in [5.41, 5.74) is -1.90. The lowest BCUT2D eigenvalue weighted by Crippen LogP contribution is -2.34. The standard InChI is InChI=1S/C20H20O6S/c1-3-5-9-25-19-13(15(21)17(19)23)11-7-8-12(27-11)14-16(22)18(24)20(14)26-10-6-4-2/h7-8H,3-6,9-10H2,1-2H3. The van der Waals surface area contributed by atoms with E-state index in [0.29, 0.717) is 23.0 Å². The fraction of sp³-hybridized carbons (Fsp3) is 0.400. The van der Waals surface area contributed by atoms with E-state index >= 15 is 0 Å². The van der Waals surface area contributed by atoms with Crippen LogP contribution in [0.2, 0.25) is 0 Å². The molecule has 6 nitrogen and oxygen atoms in total. The predicted octanol–water partition coefficient (Wildman–Crippen LogP) is 2.63. The van der Waals surface area contributed by atoms with Gasteiger partial charge in [0.25, 0.3) is 10.9 Å². The van der Waals surface area contributed by atoms with E-state index in [1.54, 1.807) is 12.1 Å². The van der Waals surface area contributed by atoms with Crippen molar-refractivity contribution in [2.75, 3.05) is 13.2 Å². The molecule has 142 valence electrons. The van der Waals surface area contributed by atoms with Gasteiger partial charge in [-0.15, -0.1) is 11.3 Å². The molecule has 0 aliphatic rings. The average molecular weight is 388 g/mol. The molecule has 0 saturated heterocycles. The van der Waals surface area contributed by atoms with Crippen LogP contribution in [0.15, 0.2) is 31.3 Å². The molecule has 0 spiro atoms. The van der Waals surface area contributed by atoms with Crippen molar-refractivity contribution in [2.45, 2.75) is 39.5 Å². The maximum absolute atomic E-state index is 12.0. The summed E-state index contributed by atoms with van der Waals surface area (Å²) < 4.78 is 10.9. The molecular weight excluding hydrogens is 368 g/mol. The topological polar surface area (TPSA) is 86.7 Å². The van der Waals surface area contributed by atoms with Crippen molar-refractivity contribution in [3.8, 4) is 32.4 Å². The second kappa shape index (κ2) is 8.00. The first-order chi connectivity index (χ1) is 13.0. The van der Waals surface area contributed by atoms with Gasteiger partial charge in [0.05, 0.1) is 24.3 Å². The van der Waals surface area contributed by atoms with Gasteiger partial charge in [0.15, 0.2) is 11.5 Å². The number of hydrogen-bond acceptors (Lipinski definition) is 7. The fourth-order valence-corrected chi connectivity index (χ4v) is 3.79. The van der Waals surface area contributed by atoms with Gasteiger partial charge in [0.1, 0.15) is 0 Å². The summed E-state index contributed by atoms with van der Waals surface area (Å²) in [5, 5.41) is 0. The normalized spacial score (nSPS) is 11.3.